The van der Waals surface area contributed by atoms with Crippen molar-refractivity contribution >= 4 is 45.6 Å². The normalized spacial score (nSPS) is 12.3. The Hall–Kier alpha value is -0.920. The first kappa shape index (κ1) is 19.1. The van der Waals surface area contributed by atoms with Gasteiger partial charge >= 0.3 is 0 Å². The summed E-state index contributed by atoms with van der Waals surface area (Å²) in [6.07, 6.45) is 3.33. The van der Waals surface area contributed by atoms with Gasteiger partial charge in [-0.2, -0.15) is 0 Å². The second-order valence-corrected chi connectivity index (χ2v) is 5.86. The molecular formula is C12H17Cl2N3O2S. The SMILES string of the molecule is CC(CN)NS(=O)(=O)c1ccc2cnccc2c1.Cl.Cl. The number of nitrogens with zero attached hydrogens (tertiary/aromatic N) is 1. The molecule has 0 saturated carbocycles. The fourth-order valence-electron chi connectivity index (χ4n) is 1.61. The van der Waals surface area contributed by atoms with Crippen LogP contribution in [-0.2, 0) is 10.0 Å². The van der Waals surface area contributed by atoms with Gasteiger partial charge in [0, 0.05) is 30.4 Å². The minimum absolute atomic E-state index is 0. The molecule has 3 N–H and O–H groups in total. The number of halogens is 2. The highest BCUT2D eigenvalue weighted by Gasteiger charge is 2.16. The van der Waals surface area contributed by atoms with Crippen molar-refractivity contribution in [3.05, 3.63) is 36.7 Å². The molecule has 0 spiro atoms. The number of hydrogen-bond donors (Lipinski definition) is 2. The number of fused-ring (bicyclic) bond motifs is 1. The maximum absolute atomic E-state index is 12.1. The van der Waals surface area contributed by atoms with E-state index in [9.17, 15) is 8.42 Å². The topological polar surface area (TPSA) is 85.1 Å². The van der Waals surface area contributed by atoms with Crippen molar-refractivity contribution in [1.82, 2.24) is 9.71 Å². The molecule has 1 aromatic heterocycles. The first-order valence-electron chi connectivity index (χ1n) is 5.59. The molecule has 0 saturated heterocycles. The highest BCUT2D eigenvalue weighted by atomic mass is 35.5. The van der Waals surface area contributed by atoms with E-state index in [1.165, 1.54) is 0 Å². The van der Waals surface area contributed by atoms with Crippen LogP contribution < -0.4 is 10.5 Å². The summed E-state index contributed by atoms with van der Waals surface area (Å²) in [5.74, 6) is 0. The summed E-state index contributed by atoms with van der Waals surface area (Å²) in [6.45, 7) is 1.99. The summed E-state index contributed by atoms with van der Waals surface area (Å²) in [5.41, 5.74) is 5.41. The molecule has 5 nitrogen and oxygen atoms in total. The minimum Gasteiger partial charge on any atom is -0.329 e. The minimum atomic E-state index is -3.51. The van der Waals surface area contributed by atoms with Gasteiger partial charge in [-0.15, -0.1) is 24.8 Å². The summed E-state index contributed by atoms with van der Waals surface area (Å²) in [7, 11) is -3.51. The lowest BCUT2D eigenvalue weighted by atomic mass is 10.2. The van der Waals surface area contributed by atoms with E-state index in [0.29, 0.717) is 0 Å². The molecule has 112 valence electrons. The van der Waals surface area contributed by atoms with Gasteiger partial charge in [-0.1, -0.05) is 6.07 Å². The number of aromatic nitrogens is 1. The molecule has 1 aromatic carbocycles. The maximum Gasteiger partial charge on any atom is 0.240 e. The van der Waals surface area contributed by atoms with Gasteiger partial charge in [-0.05, 0) is 30.5 Å². The van der Waals surface area contributed by atoms with Crippen LogP contribution in [-0.4, -0.2) is 26.0 Å². The van der Waals surface area contributed by atoms with E-state index in [4.69, 9.17) is 5.73 Å². The van der Waals surface area contributed by atoms with Crippen molar-refractivity contribution in [3.63, 3.8) is 0 Å². The predicted molar refractivity (Wildman–Crippen MR) is 85.1 cm³/mol. The zero-order valence-corrected chi connectivity index (χ0v) is 13.3. The molecule has 0 aliphatic carbocycles. The number of sulfonamides is 1. The highest BCUT2D eigenvalue weighted by molar-refractivity contribution is 7.89. The first-order chi connectivity index (χ1) is 8.53. The average molecular weight is 338 g/mol. The molecule has 0 amide bonds. The van der Waals surface area contributed by atoms with Crippen molar-refractivity contribution in [3.8, 4) is 0 Å². The monoisotopic (exact) mass is 337 g/mol. The lowest BCUT2D eigenvalue weighted by Gasteiger charge is -2.12. The molecule has 8 heteroatoms. The molecule has 0 aliphatic rings. The van der Waals surface area contributed by atoms with Crippen LogP contribution in [0.2, 0.25) is 0 Å². The Kier molecular flexibility index (Phi) is 7.40. The van der Waals surface area contributed by atoms with E-state index in [0.717, 1.165) is 10.8 Å². The Labute approximate surface area is 130 Å². The van der Waals surface area contributed by atoms with E-state index in [-0.39, 0.29) is 42.3 Å². The van der Waals surface area contributed by atoms with Crippen LogP contribution in [0.5, 0.6) is 0 Å². The van der Waals surface area contributed by atoms with Gasteiger partial charge in [0.1, 0.15) is 0 Å². The standard InChI is InChI=1S/C12H15N3O2S.2ClH/c1-9(7-13)15-18(16,17)12-3-2-11-8-14-5-4-10(11)6-12;;/h2-6,8-9,15H,7,13H2,1H3;2*1H. The molecule has 0 fully saturated rings. The number of benzene rings is 1. The highest BCUT2D eigenvalue weighted by Crippen LogP contribution is 2.18. The summed E-state index contributed by atoms with van der Waals surface area (Å²) in [4.78, 5) is 4.22. The van der Waals surface area contributed by atoms with Gasteiger partial charge in [-0.25, -0.2) is 13.1 Å². The smallest absolute Gasteiger partial charge is 0.240 e. The third kappa shape index (κ3) is 4.29. The van der Waals surface area contributed by atoms with Gasteiger partial charge in [0.2, 0.25) is 10.0 Å². The quantitative estimate of drug-likeness (QED) is 0.889. The lowest BCUT2D eigenvalue weighted by molar-refractivity contribution is 0.563. The summed E-state index contributed by atoms with van der Waals surface area (Å²) in [5, 5.41) is 1.75. The van der Waals surface area contributed by atoms with Gasteiger partial charge in [-0.3, -0.25) is 4.98 Å². The first-order valence-corrected chi connectivity index (χ1v) is 7.07. The maximum atomic E-state index is 12.1. The molecule has 1 unspecified atom stereocenters. The Balaban J connectivity index is 0.00000180. The van der Waals surface area contributed by atoms with E-state index in [1.807, 2.05) is 0 Å². The average Bonchev–Trinajstić information content (AvgIpc) is 2.37. The Morgan fingerprint density at radius 3 is 2.60 bits per heavy atom. The van der Waals surface area contributed by atoms with Crippen LogP contribution in [0, 0.1) is 0 Å². The van der Waals surface area contributed by atoms with Crippen LogP contribution in [0.15, 0.2) is 41.6 Å². The van der Waals surface area contributed by atoms with Crippen molar-refractivity contribution < 1.29 is 8.42 Å². The number of hydrogen-bond acceptors (Lipinski definition) is 4. The van der Waals surface area contributed by atoms with Gasteiger partial charge in [0.25, 0.3) is 0 Å². The fourth-order valence-corrected chi connectivity index (χ4v) is 2.90. The third-order valence-electron chi connectivity index (χ3n) is 2.63. The summed E-state index contributed by atoms with van der Waals surface area (Å²) < 4.78 is 26.6. The summed E-state index contributed by atoms with van der Waals surface area (Å²) in [6, 6.07) is 6.42. The van der Waals surface area contributed by atoms with Crippen LogP contribution in [0.25, 0.3) is 10.8 Å². The van der Waals surface area contributed by atoms with Crippen molar-refractivity contribution in [2.24, 2.45) is 5.73 Å². The number of nitrogens with one attached hydrogen (secondary N) is 1. The zero-order valence-electron chi connectivity index (χ0n) is 10.8. The largest absolute Gasteiger partial charge is 0.329 e. The Bertz CT molecular complexity index is 665. The molecule has 0 bridgehead atoms. The van der Waals surface area contributed by atoms with Gasteiger partial charge < -0.3 is 5.73 Å². The van der Waals surface area contributed by atoms with E-state index < -0.39 is 10.0 Å². The van der Waals surface area contributed by atoms with Crippen molar-refractivity contribution in [1.29, 1.82) is 0 Å². The Morgan fingerprint density at radius 2 is 1.95 bits per heavy atom. The molecule has 0 aliphatic heterocycles. The molecule has 0 radical (unpaired) electrons. The lowest BCUT2D eigenvalue weighted by Crippen LogP contribution is -2.37. The summed E-state index contributed by atoms with van der Waals surface area (Å²) >= 11 is 0. The predicted octanol–water partition coefficient (Wildman–Crippen LogP) is 1.70. The third-order valence-corrected chi connectivity index (χ3v) is 4.22. The molecule has 20 heavy (non-hydrogen) atoms. The van der Waals surface area contributed by atoms with Crippen molar-refractivity contribution in [2.45, 2.75) is 17.9 Å². The molecule has 1 heterocycles. The van der Waals surface area contributed by atoms with Crippen LogP contribution in [0.3, 0.4) is 0 Å². The molecular weight excluding hydrogens is 321 g/mol. The molecule has 1 atom stereocenters. The van der Waals surface area contributed by atoms with E-state index in [2.05, 4.69) is 9.71 Å². The number of pyridine rings is 1. The van der Waals surface area contributed by atoms with E-state index >= 15 is 0 Å². The second-order valence-electron chi connectivity index (χ2n) is 4.14. The fraction of sp³-hybridized carbons (Fsp3) is 0.250. The van der Waals surface area contributed by atoms with Gasteiger partial charge in [0.15, 0.2) is 0 Å². The van der Waals surface area contributed by atoms with Crippen LogP contribution >= 0.6 is 24.8 Å². The zero-order chi connectivity index (χ0) is 13.2. The Morgan fingerprint density at radius 1 is 1.25 bits per heavy atom. The molecule has 2 rings (SSSR count). The number of rotatable bonds is 4. The van der Waals surface area contributed by atoms with Crippen molar-refractivity contribution in [2.75, 3.05) is 6.54 Å². The second kappa shape index (κ2) is 7.75. The van der Waals surface area contributed by atoms with E-state index in [1.54, 1.807) is 43.6 Å². The van der Waals surface area contributed by atoms with Crippen LogP contribution in [0.1, 0.15) is 6.92 Å². The van der Waals surface area contributed by atoms with Crippen LogP contribution in [0.4, 0.5) is 0 Å². The molecule has 2 aromatic rings. The van der Waals surface area contributed by atoms with Gasteiger partial charge in [0.05, 0.1) is 4.90 Å². The number of nitrogens with two attached hydrogens (primary N) is 1.